The molecule has 1 aliphatic carbocycles. The Kier molecular flexibility index (Phi) is 4.92. The van der Waals surface area contributed by atoms with Crippen LogP contribution in [0.4, 0.5) is 10.2 Å². The predicted octanol–water partition coefficient (Wildman–Crippen LogP) is 5.07. The molecule has 5 heteroatoms. The van der Waals surface area contributed by atoms with E-state index in [9.17, 15) is 4.39 Å². The Morgan fingerprint density at radius 1 is 1.00 bits per heavy atom. The Morgan fingerprint density at radius 2 is 1.76 bits per heavy atom. The number of halogens is 1. The van der Waals surface area contributed by atoms with Crippen LogP contribution in [-0.2, 0) is 0 Å². The lowest BCUT2D eigenvalue weighted by Crippen LogP contribution is -2.33. The SMILES string of the molecule is CN1CCC(CNc2ncnc3c(C4CC4)cc(-c4ccc(F)cc4)cc23)CC1. The Hall–Kier alpha value is -2.53. The van der Waals surface area contributed by atoms with Crippen LogP contribution in [0.25, 0.3) is 22.0 Å². The highest BCUT2D eigenvalue weighted by Gasteiger charge is 2.27. The molecule has 5 rings (SSSR count). The molecule has 1 aromatic heterocycles. The van der Waals surface area contributed by atoms with Crippen molar-refractivity contribution in [2.24, 2.45) is 5.92 Å². The second-order valence-corrected chi connectivity index (χ2v) is 8.59. The van der Waals surface area contributed by atoms with E-state index in [1.54, 1.807) is 6.33 Å². The minimum absolute atomic E-state index is 0.208. The fourth-order valence-electron chi connectivity index (χ4n) is 4.36. The molecule has 1 saturated carbocycles. The van der Waals surface area contributed by atoms with Crippen LogP contribution < -0.4 is 5.32 Å². The number of hydrogen-bond donors (Lipinski definition) is 1. The van der Waals surface area contributed by atoms with Crippen LogP contribution in [-0.4, -0.2) is 41.5 Å². The highest BCUT2D eigenvalue weighted by molar-refractivity contribution is 5.95. The minimum Gasteiger partial charge on any atom is -0.369 e. The van der Waals surface area contributed by atoms with E-state index in [1.165, 1.54) is 43.4 Å². The van der Waals surface area contributed by atoms with Gasteiger partial charge in [0, 0.05) is 11.9 Å². The first-order valence-corrected chi connectivity index (χ1v) is 10.6. The van der Waals surface area contributed by atoms with Crippen molar-refractivity contribution >= 4 is 16.7 Å². The third-order valence-electron chi connectivity index (χ3n) is 6.36. The van der Waals surface area contributed by atoms with E-state index in [4.69, 9.17) is 0 Å². The lowest BCUT2D eigenvalue weighted by atomic mass is 9.96. The maximum Gasteiger partial charge on any atom is 0.137 e. The normalized spacial score (nSPS) is 18.3. The minimum atomic E-state index is -0.208. The lowest BCUT2D eigenvalue weighted by molar-refractivity contribution is 0.226. The molecule has 2 heterocycles. The van der Waals surface area contributed by atoms with Gasteiger partial charge in [0.1, 0.15) is 18.0 Å². The molecule has 1 aliphatic heterocycles. The van der Waals surface area contributed by atoms with Gasteiger partial charge in [0.15, 0.2) is 0 Å². The molecule has 29 heavy (non-hydrogen) atoms. The van der Waals surface area contributed by atoms with Gasteiger partial charge in [-0.25, -0.2) is 14.4 Å². The number of likely N-dealkylation sites (tertiary alicyclic amines) is 1. The fourth-order valence-corrected chi connectivity index (χ4v) is 4.36. The Bertz CT molecular complexity index is 1010. The summed E-state index contributed by atoms with van der Waals surface area (Å²) in [6, 6.07) is 11.1. The zero-order valence-corrected chi connectivity index (χ0v) is 16.9. The van der Waals surface area contributed by atoms with Crippen LogP contribution >= 0.6 is 0 Å². The third-order valence-corrected chi connectivity index (χ3v) is 6.36. The molecule has 2 fully saturated rings. The summed E-state index contributed by atoms with van der Waals surface area (Å²) in [4.78, 5) is 11.6. The third kappa shape index (κ3) is 3.97. The molecule has 1 N–H and O–H groups in total. The number of anilines is 1. The van der Waals surface area contributed by atoms with Crippen molar-refractivity contribution in [3.63, 3.8) is 0 Å². The van der Waals surface area contributed by atoms with Crippen LogP contribution in [0.5, 0.6) is 0 Å². The number of nitrogens with one attached hydrogen (secondary N) is 1. The van der Waals surface area contributed by atoms with Crippen molar-refractivity contribution < 1.29 is 4.39 Å². The summed E-state index contributed by atoms with van der Waals surface area (Å²) in [7, 11) is 2.19. The van der Waals surface area contributed by atoms with Gasteiger partial charge in [-0.1, -0.05) is 12.1 Å². The van der Waals surface area contributed by atoms with Gasteiger partial charge >= 0.3 is 0 Å². The van der Waals surface area contributed by atoms with Crippen LogP contribution in [0.2, 0.25) is 0 Å². The van der Waals surface area contributed by atoms with E-state index in [2.05, 4.69) is 39.4 Å². The molecule has 4 nitrogen and oxygen atoms in total. The first-order chi connectivity index (χ1) is 14.2. The van der Waals surface area contributed by atoms with Crippen molar-refractivity contribution in [1.29, 1.82) is 0 Å². The number of piperidine rings is 1. The monoisotopic (exact) mass is 390 g/mol. The summed E-state index contributed by atoms with van der Waals surface area (Å²) >= 11 is 0. The topological polar surface area (TPSA) is 41.0 Å². The molecule has 0 radical (unpaired) electrons. The summed E-state index contributed by atoms with van der Waals surface area (Å²) in [6.45, 7) is 3.27. The number of fused-ring (bicyclic) bond motifs is 1. The fraction of sp³-hybridized carbons (Fsp3) is 0.417. The molecular formula is C24H27FN4. The summed E-state index contributed by atoms with van der Waals surface area (Å²) in [6.07, 6.45) is 6.55. The van der Waals surface area contributed by atoms with Gasteiger partial charge in [-0.05, 0) is 98.6 Å². The van der Waals surface area contributed by atoms with E-state index in [-0.39, 0.29) is 5.82 Å². The van der Waals surface area contributed by atoms with Crippen LogP contribution in [0.3, 0.4) is 0 Å². The maximum absolute atomic E-state index is 13.4. The van der Waals surface area contributed by atoms with E-state index < -0.39 is 0 Å². The second kappa shape index (κ2) is 7.71. The van der Waals surface area contributed by atoms with Crippen molar-refractivity contribution in [2.75, 3.05) is 32.0 Å². The summed E-state index contributed by atoms with van der Waals surface area (Å²) in [5.41, 5.74) is 4.49. The van der Waals surface area contributed by atoms with Gasteiger partial charge in [0.25, 0.3) is 0 Å². The average molecular weight is 391 g/mol. The quantitative estimate of drug-likeness (QED) is 0.661. The largest absolute Gasteiger partial charge is 0.369 e. The molecule has 2 aliphatic rings. The average Bonchev–Trinajstić information content (AvgIpc) is 3.58. The molecule has 150 valence electrons. The predicted molar refractivity (Wildman–Crippen MR) is 116 cm³/mol. The van der Waals surface area contributed by atoms with E-state index in [0.29, 0.717) is 11.8 Å². The number of hydrogen-bond acceptors (Lipinski definition) is 4. The highest BCUT2D eigenvalue weighted by Crippen LogP contribution is 2.45. The zero-order valence-electron chi connectivity index (χ0n) is 16.9. The number of benzene rings is 2. The Labute approximate surface area is 171 Å². The second-order valence-electron chi connectivity index (χ2n) is 8.59. The van der Waals surface area contributed by atoms with Crippen molar-refractivity contribution in [1.82, 2.24) is 14.9 Å². The number of rotatable bonds is 5. The van der Waals surface area contributed by atoms with Gasteiger partial charge in [-0.3, -0.25) is 0 Å². The van der Waals surface area contributed by atoms with E-state index >= 15 is 0 Å². The number of nitrogens with zero attached hydrogens (tertiary/aromatic N) is 3. The van der Waals surface area contributed by atoms with Gasteiger partial charge < -0.3 is 10.2 Å². The van der Waals surface area contributed by atoms with Crippen molar-refractivity contribution in [2.45, 2.75) is 31.6 Å². The summed E-state index contributed by atoms with van der Waals surface area (Å²) < 4.78 is 13.4. The molecule has 3 aromatic rings. The van der Waals surface area contributed by atoms with E-state index in [0.717, 1.165) is 47.5 Å². The molecule has 0 spiro atoms. The van der Waals surface area contributed by atoms with Gasteiger partial charge in [0.2, 0.25) is 0 Å². The first kappa shape index (κ1) is 18.5. The van der Waals surface area contributed by atoms with Crippen molar-refractivity contribution in [3.8, 4) is 11.1 Å². The van der Waals surface area contributed by atoms with Crippen LogP contribution in [0.1, 0.15) is 37.2 Å². The van der Waals surface area contributed by atoms with Gasteiger partial charge in [-0.15, -0.1) is 0 Å². The summed E-state index contributed by atoms with van der Waals surface area (Å²) in [5.74, 6) is 1.97. The molecule has 0 atom stereocenters. The van der Waals surface area contributed by atoms with Crippen molar-refractivity contribution in [3.05, 3.63) is 54.1 Å². The molecule has 0 amide bonds. The summed E-state index contributed by atoms with van der Waals surface area (Å²) in [5, 5.41) is 4.69. The Morgan fingerprint density at radius 3 is 2.48 bits per heavy atom. The number of aromatic nitrogens is 2. The van der Waals surface area contributed by atoms with Crippen LogP contribution in [0.15, 0.2) is 42.7 Å². The van der Waals surface area contributed by atoms with Gasteiger partial charge in [-0.2, -0.15) is 0 Å². The maximum atomic E-state index is 13.4. The highest BCUT2D eigenvalue weighted by atomic mass is 19.1. The van der Waals surface area contributed by atoms with E-state index in [1.807, 2.05) is 12.1 Å². The molecule has 0 bridgehead atoms. The lowest BCUT2D eigenvalue weighted by Gasteiger charge is -2.29. The molecular weight excluding hydrogens is 363 g/mol. The van der Waals surface area contributed by atoms with Crippen LogP contribution in [0, 0.1) is 11.7 Å². The molecule has 1 saturated heterocycles. The zero-order chi connectivity index (χ0) is 19.8. The standard InChI is InChI=1S/C24H27FN4/c1-29-10-8-16(9-11-29)14-26-24-22-13-19(17-4-6-20(25)7-5-17)12-21(18-2-3-18)23(22)27-15-28-24/h4-7,12-13,15-16,18H,2-3,8-11,14H2,1H3,(H,26,27,28). The molecule has 0 unspecified atom stereocenters. The molecule has 2 aromatic carbocycles. The Balaban J connectivity index is 1.50. The first-order valence-electron chi connectivity index (χ1n) is 10.6. The smallest absolute Gasteiger partial charge is 0.137 e. The van der Waals surface area contributed by atoms with Gasteiger partial charge in [0.05, 0.1) is 5.52 Å².